The van der Waals surface area contributed by atoms with Crippen LogP contribution in [-0.4, -0.2) is 17.0 Å². The maximum Gasteiger partial charge on any atom is 0.277 e. The molecule has 3 aromatic rings. The van der Waals surface area contributed by atoms with Crippen LogP contribution in [-0.2, 0) is 4.79 Å². The molecule has 1 aromatic heterocycles. The largest absolute Gasteiger partial charge is 0.355 e. The van der Waals surface area contributed by atoms with Gasteiger partial charge in [-0.1, -0.05) is 35.0 Å². The number of rotatable bonds is 4. The van der Waals surface area contributed by atoms with E-state index < -0.39 is 5.91 Å². The van der Waals surface area contributed by atoms with Crippen LogP contribution >= 0.6 is 11.6 Å². The van der Waals surface area contributed by atoms with Crippen LogP contribution in [0.25, 0.3) is 11.3 Å². The van der Waals surface area contributed by atoms with Gasteiger partial charge < -0.3 is 15.2 Å². The molecule has 0 unspecified atom stereocenters. The Balaban J connectivity index is 1.78. The van der Waals surface area contributed by atoms with Gasteiger partial charge >= 0.3 is 0 Å². The van der Waals surface area contributed by atoms with Gasteiger partial charge in [0.1, 0.15) is 0 Å². The lowest BCUT2D eigenvalue weighted by Crippen LogP contribution is -2.13. The molecule has 3 rings (SSSR count). The van der Waals surface area contributed by atoms with Crippen LogP contribution in [0.4, 0.5) is 11.4 Å². The maximum atomic E-state index is 12.4. The molecule has 6 nitrogen and oxygen atoms in total. The second-order valence-electron chi connectivity index (χ2n) is 5.75. The predicted octanol–water partition coefficient (Wildman–Crippen LogP) is 4.51. The van der Waals surface area contributed by atoms with Crippen LogP contribution in [0, 0.1) is 6.92 Å². The van der Waals surface area contributed by atoms with Gasteiger partial charge in [-0.15, -0.1) is 0 Å². The van der Waals surface area contributed by atoms with Crippen molar-refractivity contribution in [1.29, 1.82) is 0 Å². The van der Waals surface area contributed by atoms with Crippen molar-refractivity contribution in [3.63, 3.8) is 0 Å². The van der Waals surface area contributed by atoms with Crippen molar-refractivity contribution in [3.8, 4) is 11.3 Å². The maximum absolute atomic E-state index is 12.4. The molecule has 0 saturated heterocycles. The topological polar surface area (TPSA) is 84.2 Å². The molecule has 0 bridgehead atoms. The molecular weight excluding hydrogens is 354 g/mol. The predicted molar refractivity (Wildman–Crippen MR) is 100 cm³/mol. The first-order valence-corrected chi connectivity index (χ1v) is 8.22. The zero-order valence-corrected chi connectivity index (χ0v) is 14.9. The average Bonchev–Trinajstić information content (AvgIpc) is 3.08. The van der Waals surface area contributed by atoms with Gasteiger partial charge in [-0.2, -0.15) is 0 Å². The van der Waals surface area contributed by atoms with Gasteiger partial charge in [-0.25, -0.2) is 0 Å². The van der Waals surface area contributed by atoms with E-state index in [1.807, 2.05) is 13.0 Å². The fourth-order valence-electron chi connectivity index (χ4n) is 2.38. The summed E-state index contributed by atoms with van der Waals surface area (Å²) in [5.41, 5.74) is 2.93. The van der Waals surface area contributed by atoms with Crippen LogP contribution in [0.5, 0.6) is 0 Å². The number of carbonyl (C=O) groups is 2. The first-order chi connectivity index (χ1) is 12.4. The van der Waals surface area contributed by atoms with E-state index in [1.165, 1.54) is 6.92 Å². The lowest BCUT2D eigenvalue weighted by Gasteiger charge is -2.09. The van der Waals surface area contributed by atoms with E-state index in [1.54, 1.807) is 42.5 Å². The monoisotopic (exact) mass is 369 g/mol. The summed E-state index contributed by atoms with van der Waals surface area (Å²) in [6, 6.07) is 13.9. The van der Waals surface area contributed by atoms with E-state index >= 15 is 0 Å². The molecule has 26 heavy (non-hydrogen) atoms. The van der Waals surface area contributed by atoms with E-state index in [2.05, 4.69) is 15.8 Å². The summed E-state index contributed by atoms with van der Waals surface area (Å²) in [5, 5.41) is 9.83. The number of hydrogen-bond donors (Lipinski definition) is 2. The number of carbonyl (C=O) groups excluding carboxylic acids is 2. The molecule has 0 radical (unpaired) electrons. The van der Waals surface area contributed by atoms with Crippen molar-refractivity contribution in [2.24, 2.45) is 0 Å². The molecule has 2 aromatic carbocycles. The zero-order chi connectivity index (χ0) is 18.7. The minimum atomic E-state index is -0.417. The first kappa shape index (κ1) is 17.7. The van der Waals surface area contributed by atoms with Crippen LogP contribution in [0.2, 0.25) is 5.02 Å². The summed E-state index contributed by atoms with van der Waals surface area (Å²) >= 11 is 5.96. The Hall–Kier alpha value is -3.12. The first-order valence-electron chi connectivity index (χ1n) is 7.84. The minimum Gasteiger partial charge on any atom is -0.355 e. The van der Waals surface area contributed by atoms with Crippen LogP contribution in [0.1, 0.15) is 23.0 Å². The summed E-state index contributed by atoms with van der Waals surface area (Å²) in [4.78, 5) is 23.6. The fraction of sp³-hybridized carbons (Fsp3) is 0.105. The summed E-state index contributed by atoms with van der Waals surface area (Å²) in [5.74, 6) is -0.153. The van der Waals surface area contributed by atoms with Crippen molar-refractivity contribution >= 4 is 34.8 Å². The smallest absolute Gasteiger partial charge is 0.277 e. The van der Waals surface area contributed by atoms with Gasteiger partial charge in [0.05, 0.1) is 0 Å². The molecule has 0 atom stereocenters. The van der Waals surface area contributed by atoms with E-state index in [-0.39, 0.29) is 11.6 Å². The third-order valence-electron chi connectivity index (χ3n) is 3.66. The number of amides is 2. The minimum absolute atomic E-state index is 0.140. The van der Waals surface area contributed by atoms with Gasteiger partial charge in [0, 0.05) is 35.0 Å². The summed E-state index contributed by atoms with van der Waals surface area (Å²) in [7, 11) is 0. The SMILES string of the molecule is CC(=O)Nc1cc(NC(=O)c2cc(-c3cccc(Cl)c3)on2)ccc1C. The second kappa shape index (κ2) is 7.41. The van der Waals surface area contributed by atoms with Gasteiger partial charge in [0.15, 0.2) is 11.5 Å². The van der Waals surface area contributed by atoms with Gasteiger partial charge in [0.2, 0.25) is 5.91 Å². The van der Waals surface area contributed by atoms with Crippen molar-refractivity contribution in [3.05, 3.63) is 64.8 Å². The Morgan fingerprint density at radius 1 is 1.08 bits per heavy atom. The molecule has 2 N–H and O–H groups in total. The molecule has 0 spiro atoms. The molecule has 0 aliphatic rings. The summed E-state index contributed by atoms with van der Waals surface area (Å²) < 4.78 is 5.23. The lowest BCUT2D eigenvalue weighted by atomic mass is 10.1. The number of halogens is 1. The van der Waals surface area contributed by atoms with E-state index in [0.29, 0.717) is 22.2 Å². The number of aryl methyl sites for hydroxylation is 1. The second-order valence-corrected chi connectivity index (χ2v) is 6.19. The Morgan fingerprint density at radius 2 is 1.88 bits per heavy atom. The molecular formula is C19H16ClN3O3. The molecule has 132 valence electrons. The lowest BCUT2D eigenvalue weighted by molar-refractivity contribution is -0.114. The number of nitrogens with zero attached hydrogens (tertiary/aromatic N) is 1. The van der Waals surface area contributed by atoms with Crippen molar-refractivity contribution < 1.29 is 14.1 Å². The molecule has 1 heterocycles. The third-order valence-corrected chi connectivity index (χ3v) is 3.89. The molecule has 2 amide bonds. The molecule has 7 heteroatoms. The number of nitrogens with one attached hydrogen (secondary N) is 2. The quantitative estimate of drug-likeness (QED) is 0.708. The third kappa shape index (κ3) is 4.10. The van der Waals surface area contributed by atoms with Crippen molar-refractivity contribution in [2.45, 2.75) is 13.8 Å². The molecule has 0 saturated carbocycles. The van der Waals surface area contributed by atoms with E-state index in [0.717, 1.165) is 11.1 Å². The van der Waals surface area contributed by atoms with Crippen LogP contribution in [0.3, 0.4) is 0 Å². The Kier molecular flexibility index (Phi) is 5.04. The fourth-order valence-corrected chi connectivity index (χ4v) is 2.57. The van der Waals surface area contributed by atoms with E-state index in [9.17, 15) is 9.59 Å². The molecule has 0 aliphatic carbocycles. The number of aromatic nitrogens is 1. The van der Waals surface area contributed by atoms with E-state index in [4.69, 9.17) is 16.1 Å². The normalized spacial score (nSPS) is 10.4. The summed E-state index contributed by atoms with van der Waals surface area (Å²) in [6.07, 6.45) is 0. The number of hydrogen-bond acceptors (Lipinski definition) is 4. The van der Waals surface area contributed by atoms with Crippen molar-refractivity contribution in [1.82, 2.24) is 5.16 Å². The molecule has 0 fully saturated rings. The Bertz CT molecular complexity index is 982. The van der Waals surface area contributed by atoms with Gasteiger partial charge in [0.25, 0.3) is 5.91 Å². The highest BCUT2D eigenvalue weighted by Gasteiger charge is 2.15. The van der Waals surface area contributed by atoms with Gasteiger partial charge in [-0.05, 0) is 36.8 Å². The summed E-state index contributed by atoms with van der Waals surface area (Å²) in [6.45, 7) is 3.29. The average molecular weight is 370 g/mol. The number of anilines is 2. The highest BCUT2D eigenvalue weighted by Crippen LogP contribution is 2.24. The number of benzene rings is 2. The van der Waals surface area contributed by atoms with Crippen LogP contribution < -0.4 is 10.6 Å². The Labute approximate surface area is 155 Å². The molecule has 0 aliphatic heterocycles. The van der Waals surface area contributed by atoms with Crippen molar-refractivity contribution in [2.75, 3.05) is 10.6 Å². The Morgan fingerprint density at radius 3 is 2.62 bits per heavy atom. The highest BCUT2D eigenvalue weighted by molar-refractivity contribution is 6.30. The van der Waals surface area contributed by atoms with Crippen LogP contribution in [0.15, 0.2) is 53.1 Å². The standard InChI is InChI=1S/C19H16ClN3O3/c1-11-6-7-15(9-16(11)21-12(2)24)22-19(25)17-10-18(26-23-17)13-4-3-5-14(20)8-13/h3-10H,1-2H3,(H,21,24)(H,22,25). The highest BCUT2D eigenvalue weighted by atomic mass is 35.5. The van der Waals surface area contributed by atoms with Gasteiger partial charge in [-0.3, -0.25) is 9.59 Å². The zero-order valence-electron chi connectivity index (χ0n) is 14.2.